The Kier molecular flexibility index (Phi) is 5.65. The summed E-state index contributed by atoms with van der Waals surface area (Å²) in [5, 5.41) is 2.81. The summed E-state index contributed by atoms with van der Waals surface area (Å²) in [5.74, 6) is 0.472. The number of amides is 2. The van der Waals surface area contributed by atoms with Gasteiger partial charge in [-0.15, -0.1) is 11.6 Å². The zero-order chi connectivity index (χ0) is 14.4. The van der Waals surface area contributed by atoms with Gasteiger partial charge in [0.05, 0.1) is 0 Å². The van der Waals surface area contributed by atoms with Crippen molar-refractivity contribution in [1.82, 2.24) is 10.2 Å². The van der Waals surface area contributed by atoms with Crippen LogP contribution >= 0.6 is 11.6 Å². The second-order valence-corrected chi connectivity index (χ2v) is 5.49. The van der Waals surface area contributed by atoms with Crippen LogP contribution in [0.5, 0.6) is 0 Å². The lowest BCUT2D eigenvalue weighted by molar-refractivity contribution is 0.198. The molecule has 0 aliphatic carbocycles. The topological polar surface area (TPSA) is 32.3 Å². The second kappa shape index (κ2) is 7.48. The quantitative estimate of drug-likeness (QED) is 0.853. The fourth-order valence-electron chi connectivity index (χ4n) is 2.60. The summed E-state index contributed by atoms with van der Waals surface area (Å²) in [6, 6.07) is 6.55. The van der Waals surface area contributed by atoms with Crippen LogP contribution in [0.15, 0.2) is 24.3 Å². The average molecular weight is 299 g/mol. The molecule has 20 heavy (non-hydrogen) atoms. The maximum atomic E-state index is 13.0. The summed E-state index contributed by atoms with van der Waals surface area (Å²) < 4.78 is 13.0. The molecule has 1 heterocycles. The van der Waals surface area contributed by atoms with Gasteiger partial charge in [-0.05, 0) is 30.5 Å². The zero-order valence-electron chi connectivity index (χ0n) is 11.4. The van der Waals surface area contributed by atoms with Gasteiger partial charge in [-0.2, -0.15) is 0 Å². The van der Waals surface area contributed by atoms with E-state index in [-0.39, 0.29) is 17.8 Å². The van der Waals surface area contributed by atoms with Gasteiger partial charge in [0.15, 0.2) is 0 Å². The van der Waals surface area contributed by atoms with Gasteiger partial charge in [-0.25, -0.2) is 9.18 Å². The van der Waals surface area contributed by atoms with Crippen LogP contribution in [0.4, 0.5) is 9.18 Å². The van der Waals surface area contributed by atoms with E-state index in [0.717, 1.165) is 31.4 Å². The predicted molar refractivity (Wildman–Crippen MR) is 78.7 cm³/mol. The molecule has 110 valence electrons. The Morgan fingerprint density at radius 1 is 1.35 bits per heavy atom. The highest BCUT2D eigenvalue weighted by molar-refractivity contribution is 6.18. The Morgan fingerprint density at radius 2 is 2.10 bits per heavy atom. The largest absolute Gasteiger partial charge is 0.337 e. The monoisotopic (exact) mass is 298 g/mol. The van der Waals surface area contributed by atoms with Gasteiger partial charge in [-0.1, -0.05) is 18.6 Å². The number of likely N-dealkylation sites (tertiary alicyclic amines) is 1. The first kappa shape index (κ1) is 15.1. The van der Waals surface area contributed by atoms with E-state index in [0.29, 0.717) is 19.0 Å². The van der Waals surface area contributed by atoms with Crippen LogP contribution in [0.3, 0.4) is 0 Å². The zero-order valence-corrected chi connectivity index (χ0v) is 12.2. The molecule has 1 N–H and O–H groups in total. The minimum Gasteiger partial charge on any atom is -0.337 e. The van der Waals surface area contributed by atoms with Gasteiger partial charge < -0.3 is 10.2 Å². The third-order valence-corrected chi connectivity index (χ3v) is 3.86. The third kappa shape index (κ3) is 4.10. The standard InChI is InChI=1S/C15H20ClFN2O/c16-8-9-18-15(20)19-10-2-1-3-13(11-19)12-4-6-14(17)7-5-12/h4-7,13H,1-3,8-11H2,(H,18,20). The Labute approximate surface area is 124 Å². The van der Waals surface area contributed by atoms with Crippen molar-refractivity contribution < 1.29 is 9.18 Å². The SMILES string of the molecule is O=C(NCCCl)N1CCCCC(c2ccc(F)cc2)C1. The lowest BCUT2D eigenvalue weighted by Gasteiger charge is -2.25. The van der Waals surface area contributed by atoms with Gasteiger partial charge in [0.2, 0.25) is 0 Å². The van der Waals surface area contributed by atoms with Crippen LogP contribution in [0, 0.1) is 5.82 Å². The number of carbonyl (C=O) groups is 1. The molecule has 1 saturated heterocycles. The smallest absolute Gasteiger partial charge is 0.317 e. The maximum absolute atomic E-state index is 13.0. The number of urea groups is 1. The van der Waals surface area contributed by atoms with E-state index in [1.54, 1.807) is 0 Å². The molecular weight excluding hydrogens is 279 g/mol. The van der Waals surface area contributed by atoms with E-state index >= 15 is 0 Å². The Bertz CT molecular complexity index is 438. The molecule has 0 radical (unpaired) electrons. The first-order valence-corrected chi connectivity index (χ1v) is 7.58. The van der Waals surface area contributed by atoms with Gasteiger partial charge in [-0.3, -0.25) is 0 Å². The Morgan fingerprint density at radius 3 is 2.80 bits per heavy atom. The van der Waals surface area contributed by atoms with E-state index in [2.05, 4.69) is 5.32 Å². The molecule has 2 rings (SSSR count). The number of hydrogen-bond acceptors (Lipinski definition) is 1. The molecule has 1 atom stereocenters. The molecule has 1 aromatic carbocycles. The summed E-state index contributed by atoms with van der Waals surface area (Å²) in [7, 11) is 0. The molecule has 0 aromatic heterocycles. The fraction of sp³-hybridized carbons (Fsp3) is 0.533. The minimum atomic E-state index is -0.223. The summed E-state index contributed by atoms with van der Waals surface area (Å²) >= 11 is 5.59. The summed E-state index contributed by atoms with van der Waals surface area (Å²) in [5.41, 5.74) is 1.10. The van der Waals surface area contributed by atoms with Crippen molar-refractivity contribution in [2.45, 2.75) is 25.2 Å². The molecular formula is C15H20ClFN2O. The molecule has 3 nitrogen and oxygen atoms in total. The highest BCUT2D eigenvalue weighted by atomic mass is 35.5. The predicted octanol–water partition coefficient (Wildman–Crippen LogP) is 3.34. The van der Waals surface area contributed by atoms with Crippen molar-refractivity contribution in [2.24, 2.45) is 0 Å². The molecule has 1 aliphatic rings. The number of carbonyl (C=O) groups excluding carboxylic acids is 1. The second-order valence-electron chi connectivity index (χ2n) is 5.11. The summed E-state index contributed by atoms with van der Waals surface area (Å²) in [6.45, 7) is 1.93. The number of alkyl halides is 1. The van der Waals surface area contributed by atoms with E-state index in [1.165, 1.54) is 12.1 Å². The first-order chi connectivity index (χ1) is 9.70. The van der Waals surface area contributed by atoms with E-state index < -0.39 is 0 Å². The molecule has 1 aromatic rings. The molecule has 5 heteroatoms. The normalized spacial score (nSPS) is 19.5. The van der Waals surface area contributed by atoms with Crippen molar-refractivity contribution in [3.8, 4) is 0 Å². The average Bonchev–Trinajstić information content (AvgIpc) is 2.71. The molecule has 2 amide bonds. The molecule has 1 fully saturated rings. The van der Waals surface area contributed by atoms with Crippen molar-refractivity contribution in [1.29, 1.82) is 0 Å². The lowest BCUT2D eigenvalue weighted by Crippen LogP contribution is -2.42. The molecule has 0 bridgehead atoms. The maximum Gasteiger partial charge on any atom is 0.317 e. The first-order valence-electron chi connectivity index (χ1n) is 7.05. The van der Waals surface area contributed by atoms with Crippen LogP contribution in [-0.2, 0) is 0 Å². The van der Waals surface area contributed by atoms with Crippen LogP contribution < -0.4 is 5.32 Å². The minimum absolute atomic E-state index is 0.0559. The third-order valence-electron chi connectivity index (χ3n) is 3.67. The number of hydrogen-bond donors (Lipinski definition) is 1. The number of benzene rings is 1. The molecule has 0 saturated carbocycles. The van der Waals surface area contributed by atoms with Gasteiger partial charge >= 0.3 is 6.03 Å². The van der Waals surface area contributed by atoms with Gasteiger partial charge in [0, 0.05) is 31.4 Å². The Balaban J connectivity index is 2.02. The highest BCUT2D eigenvalue weighted by Gasteiger charge is 2.22. The van der Waals surface area contributed by atoms with Crippen molar-refractivity contribution in [3.63, 3.8) is 0 Å². The fourth-order valence-corrected chi connectivity index (χ4v) is 2.69. The Hall–Kier alpha value is -1.29. The van der Waals surface area contributed by atoms with Crippen molar-refractivity contribution >= 4 is 17.6 Å². The molecule has 1 aliphatic heterocycles. The summed E-state index contributed by atoms with van der Waals surface area (Å²) in [4.78, 5) is 13.9. The van der Waals surface area contributed by atoms with Crippen LogP contribution in [-0.4, -0.2) is 36.4 Å². The van der Waals surface area contributed by atoms with E-state index in [1.807, 2.05) is 17.0 Å². The number of nitrogens with zero attached hydrogens (tertiary/aromatic N) is 1. The molecule has 1 unspecified atom stereocenters. The molecule has 0 spiro atoms. The highest BCUT2D eigenvalue weighted by Crippen LogP contribution is 2.26. The number of halogens is 2. The lowest BCUT2D eigenvalue weighted by atomic mass is 9.94. The van der Waals surface area contributed by atoms with Gasteiger partial charge in [0.1, 0.15) is 5.82 Å². The van der Waals surface area contributed by atoms with Crippen molar-refractivity contribution in [3.05, 3.63) is 35.6 Å². The van der Waals surface area contributed by atoms with Crippen LogP contribution in [0.25, 0.3) is 0 Å². The summed E-state index contributed by atoms with van der Waals surface area (Å²) in [6.07, 6.45) is 3.12. The van der Waals surface area contributed by atoms with Crippen LogP contribution in [0.1, 0.15) is 30.7 Å². The van der Waals surface area contributed by atoms with Crippen LogP contribution in [0.2, 0.25) is 0 Å². The van der Waals surface area contributed by atoms with Crippen molar-refractivity contribution in [2.75, 3.05) is 25.5 Å². The number of nitrogens with one attached hydrogen (secondary N) is 1. The van der Waals surface area contributed by atoms with Gasteiger partial charge in [0.25, 0.3) is 0 Å². The van der Waals surface area contributed by atoms with E-state index in [9.17, 15) is 9.18 Å². The number of rotatable bonds is 3. The van der Waals surface area contributed by atoms with E-state index in [4.69, 9.17) is 11.6 Å².